The molecule has 1 amide bonds. The van der Waals surface area contributed by atoms with Gasteiger partial charge in [0.15, 0.2) is 0 Å². The first kappa shape index (κ1) is 21.8. The summed E-state index contributed by atoms with van der Waals surface area (Å²) in [5, 5.41) is 2.74. The lowest BCUT2D eigenvalue weighted by Crippen LogP contribution is -2.26. The standard InChI is InChI=1S/C20H31NO5/c1-14(2)12-24-19(22)21-11-7-9-17-8-6-10-18(16(17)5)26-20(23)25-13-15(3)4/h6,8,10,14-15H,7,9,11-13H2,1-5H3,(H,21,22). The maximum Gasteiger partial charge on any atom is 0.513 e. The molecule has 0 heterocycles. The molecule has 26 heavy (non-hydrogen) atoms. The number of hydrogen-bond acceptors (Lipinski definition) is 5. The van der Waals surface area contributed by atoms with E-state index < -0.39 is 6.16 Å². The monoisotopic (exact) mass is 365 g/mol. The van der Waals surface area contributed by atoms with Gasteiger partial charge >= 0.3 is 12.2 Å². The molecule has 6 heteroatoms. The molecule has 0 saturated carbocycles. The summed E-state index contributed by atoms with van der Waals surface area (Å²) in [5.41, 5.74) is 1.97. The predicted octanol–water partition coefficient (Wildman–Crippen LogP) is 4.48. The number of ether oxygens (including phenoxy) is 3. The van der Waals surface area contributed by atoms with Crippen molar-refractivity contribution in [3.8, 4) is 5.75 Å². The van der Waals surface area contributed by atoms with Crippen molar-refractivity contribution in [3.05, 3.63) is 29.3 Å². The predicted molar refractivity (Wildman–Crippen MR) is 101 cm³/mol. The van der Waals surface area contributed by atoms with Gasteiger partial charge in [0.2, 0.25) is 0 Å². The second-order valence-electron chi connectivity index (χ2n) is 7.12. The smallest absolute Gasteiger partial charge is 0.449 e. The van der Waals surface area contributed by atoms with Crippen molar-refractivity contribution in [1.29, 1.82) is 0 Å². The second-order valence-corrected chi connectivity index (χ2v) is 7.12. The summed E-state index contributed by atoms with van der Waals surface area (Å²) in [4.78, 5) is 23.2. The quantitative estimate of drug-likeness (QED) is 0.397. The van der Waals surface area contributed by atoms with Crippen molar-refractivity contribution in [2.75, 3.05) is 19.8 Å². The van der Waals surface area contributed by atoms with Gasteiger partial charge in [-0.15, -0.1) is 0 Å². The third-order valence-electron chi connectivity index (χ3n) is 3.56. The van der Waals surface area contributed by atoms with Crippen LogP contribution in [0, 0.1) is 18.8 Å². The number of hydrogen-bond donors (Lipinski definition) is 1. The fourth-order valence-electron chi connectivity index (χ4n) is 2.16. The van der Waals surface area contributed by atoms with E-state index in [-0.39, 0.29) is 12.0 Å². The van der Waals surface area contributed by atoms with Gasteiger partial charge in [0, 0.05) is 6.54 Å². The zero-order valence-corrected chi connectivity index (χ0v) is 16.5. The largest absolute Gasteiger partial charge is 0.513 e. The van der Waals surface area contributed by atoms with Crippen molar-refractivity contribution >= 4 is 12.2 Å². The SMILES string of the molecule is Cc1c(CCCNC(=O)OCC(C)C)cccc1OC(=O)OCC(C)C. The van der Waals surface area contributed by atoms with E-state index in [4.69, 9.17) is 14.2 Å². The molecule has 1 rings (SSSR count). The van der Waals surface area contributed by atoms with Gasteiger partial charge in [0.05, 0.1) is 13.2 Å². The molecule has 0 aliphatic rings. The summed E-state index contributed by atoms with van der Waals surface area (Å²) in [6.07, 6.45) is 0.446. The molecule has 0 radical (unpaired) electrons. The fourth-order valence-corrected chi connectivity index (χ4v) is 2.16. The maximum atomic E-state index is 11.7. The highest BCUT2D eigenvalue weighted by atomic mass is 16.7. The molecule has 0 aliphatic carbocycles. The van der Waals surface area contributed by atoms with Crippen LogP contribution < -0.4 is 10.1 Å². The van der Waals surface area contributed by atoms with Crippen LogP contribution in [0.25, 0.3) is 0 Å². The zero-order valence-electron chi connectivity index (χ0n) is 16.5. The van der Waals surface area contributed by atoms with E-state index >= 15 is 0 Å². The van der Waals surface area contributed by atoms with Crippen LogP contribution in [0.3, 0.4) is 0 Å². The lowest BCUT2D eigenvalue weighted by atomic mass is 10.0. The molecular formula is C20H31NO5. The Balaban J connectivity index is 2.43. The normalized spacial score (nSPS) is 10.7. The van der Waals surface area contributed by atoms with E-state index in [1.165, 1.54) is 0 Å². The Hall–Kier alpha value is -2.24. The lowest BCUT2D eigenvalue weighted by molar-refractivity contribution is 0.0883. The minimum atomic E-state index is -0.687. The Morgan fingerprint density at radius 2 is 1.69 bits per heavy atom. The first-order chi connectivity index (χ1) is 12.3. The van der Waals surface area contributed by atoms with Crippen LogP contribution in [0.15, 0.2) is 18.2 Å². The van der Waals surface area contributed by atoms with E-state index in [2.05, 4.69) is 5.32 Å². The lowest BCUT2D eigenvalue weighted by Gasteiger charge is -2.13. The summed E-state index contributed by atoms with van der Waals surface area (Å²) >= 11 is 0. The summed E-state index contributed by atoms with van der Waals surface area (Å²) in [6, 6.07) is 5.58. The topological polar surface area (TPSA) is 73.9 Å². The zero-order chi connectivity index (χ0) is 19.5. The van der Waals surface area contributed by atoms with Gasteiger partial charge in [-0.05, 0) is 48.8 Å². The molecule has 146 valence electrons. The molecule has 0 unspecified atom stereocenters. The van der Waals surface area contributed by atoms with Crippen LogP contribution in [-0.2, 0) is 15.9 Å². The minimum Gasteiger partial charge on any atom is -0.449 e. The van der Waals surface area contributed by atoms with E-state index in [0.717, 1.165) is 24.0 Å². The molecule has 6 nitrogen and oxygen atoms in total. The van der Waals surface area contributed by atoms with Crippen LogP contribution in [0.5, 0.6) is 5.75 Å². The molecule has 0 spiro atoms. The van der Waals surface area contributed by atoms with Crippen LogP contribution in [-0.4, -0.2) is 32.0 Å². The van der Waals surface area contributed by atoms with Crippen LogP contribution in [0.4, 0.5) is 9.59 Å². The average Bonchev–Trinajstić information content (AvgIpc) is 2.58. The Kier molecular flexibility index (Phi) is 9.55. The summed E-state index contributed by atoms with van der Waals surface area (Å²) in [5.74, 6) is 1.08. The van der Waals surface area contributed by atoms with Crippen molar-refractivity contribution < 1.29 is 23.8 Å². The number of aryl methyl sites for hydroxylation is 1. The van der Waals surface area contributed by atoms with Gasteiger partial charge in [-0.25, -0.2) is 9.59 Å². The highest BCUT2D eigenvalue weighted by molar-refractivity contribution is 5.67. The van der Waals surface area contributed by atoms with Crippen molar-refractivity contribution in [3.63, 3.8) is 0 Å². The number of amides is 1. The number of alkyl carbamates (subject to hydrolysis) is 1. The van der Waals surface area contributed by atoms with Crippen LogP contribution in [0.1, 0.15) is 45.2 Å². The molecule has 0 saturated heterocycles. The molecule has 1 N–H and O–H groups in total. The molecule has 0 bridgehead atoms. The highest BCUT2D eigenvalue weighted by Gasteiger charge is 2.12. The number of rotatable bonds is 9. The maximum absolute atomic E-state index is 11.7. The third kappa shape index (κ3) is 8.74. The average molecular weight is 365 g/mol. The Morgan fingerprint density at radius 3 is 2.35 bits per heavy atom. The van der Waals surface area contributed by atoms with Crippen molar-refractivity contribution in [2.24, 2.45) is 11.8 Å². The number of nitrogens with one attached hydrogen (secondary N) is 1. The second kappa shape index (κ2) is 11.4. The fraction of sp³-hybridized carbons (Fsp3) is 0.600. The van der Waals surface area contributed by atoms with Gasteiger partial charge in [-0.1, -0.05) is 39.8 Å². The molecular weight excluding hydrogens is 334 g/mol. The van der Waals surface area contributed by atoms with Crippen LogP contribution in [0.2, 0.25) is 0 Å². The number of benzene rings is 1. The summed E-state index contributed by atoms with van der Waals surface area (Å²) in [7, 11) is 0. The van der Waals surface area contributed by atoms with Gasteiger partial charge in [-0.2, -0.15) is 0 Å². The molecule has 0 atom stereocenters. The molecule has 0 fully saturated rings. The molecule has 1 aromatic carbocycles. The van der Waals surface area contributed by atoms with E-state index in [1.54, 1.807) is 6.07 Å². The third-order valence-corrected chi connectivity index (χ3v) is 3.56. The Labute approximate surface area is 156 Å². The molecule has 1 aromatic rings. The number of carbonyl (C=O) groups is 2. The summed E-state index contributed by atoms with van der Waals surface area (Å²) < 4.78 is 15.4. The van der Waals surface area contributed by atoms with Gasteiger partial charge < -0.3 is 19.5 Å². The first-order valence-corrected chi connectivity index (χ1v) is 9.13. The molecule has 0 aliphatic heterocycles. The number of carbonyl (C=O) groups excluding carboxylic acids is 2. The van der Waals surface area contributed by atoms with E-state index in [1.807, 2.05) is 46.8 Å². The van der Waals surface area contributed by atoms with E-state index in [9.17, 15) is 9.59 Å². The van der Waals surface area contributed by atoms with Gasteiger partial charge in [0.1, 0.15) is 5.75 Å². The van der Waals surface area contributed by atoms with Crippen LogP contribution >= 0.6 is 0 Å². The first-order valence-electron chi connectivity index (χ1n) is 9.13. The molecule has 0 aromatic heterocycles. The Bertz CT molecular complexity index is 584. The highest BCUT2D eigenvalue weighted by Crippen LogP contribution is 2.23. The summed E-state index contributed by atoms with van der Waals surface area (Å²) in [6.45, 7) is 11.1. The minimum absolute atomic E-state index is 0.259. The van der Waals surface area contributed by atoms with Gasteiger partial charge in [0.25, 0.3) is 0 Å². The van der Waals surface area contributed by atoms with Crippen molar-refractivity contribution in [2.45, 2.75) is 47.5 Å². The van der Waals surface area contributed by atoms with E-state index in [0.29, 0.717) is 31.4 Å². The van der Waals surface area contributed by atoms with Crippen molar-refractivity contribution in [1.82, 2.24) is 5.32 Å². The Morgan fingerprint density at radius 1 is 1.04 bits per heavy atom. The van der Waals surface area contributed by atoms with Gasteiger partial charge in [-0.3, -0.25) is 0 Å².